The lowest BCUT2D eigenvalue weighted by atomic mass is 9.87. The van der Waals surface area contributed by atoms with E-state index in [0.717, 1.165) is 23.8 Å². The van der Waals surface area contributed by atoms with Crippen LogP contribution in [0.2, 0.25) is 0 Å². The maximum Gasteiger partial charge on any atom is 0.346 e. The number of Topliss-reactive ketones (excluding diaryl/α,β-unsaturated/α-hetero) is 1. The van der Waals surface area contributed by atoms with Crippen molar-refractivity contribution in [1.82, 2.24) is 0 Å². The van der Waals surface area contributed by atoms with Gasteiger partial charge in [-0.2, -0.15) is 0 Å². The second-order valence-electron chi connectivity index (χ2n) is 10.5. The Kier molecular flexibility index (Phi) is 10.3. The van der Waals surface area contributed by atoms with Crippen molar-refractivity contribution >= 4 is 22.6 Å². The summed E-state index contributed by atoms with van der Waals surface area (Å²) in [5.74, 6) is 3.42. The Balaban J connectivity index is 1.43. The number of esters is 1. The normalized spacial score (nSPS) is 18.7. The van der Waals surface area contributed by atoms with Crippen LogP contribution in [-0.4, -0.2) is 47.5 Å². The van der Waals surface area contributed by atoms with E-state index in [9.17, 15) is 9.59 Å². The standard InChI is InChI=1S/C28H43O5S/c1-21(2)27(31-17-16-22-10-6-5-7-11-22)33-25(29)20-32-24-14-12-23(13-15-24)26(30)28(3,4)34-18-8-9-19-34/h12-15,21-22,27H,5-11,16-20H2,1-4H3/q+1. The highest BCUT2D eigenvalue weighted by Gasteiger charge is 2.47. The van der Waals surface area contributed by atoms with Crippen LogP contribution in [0.25, 0.3) is 0 Å². The largest absolute Gasteiger partial charge is 0.482 e. The Hall–Kier alpha value is -1.53. The first-order valence-electron chi connectivity index (χ1n) is 13.0. The predicted molar refractivity (Wildman–Crippen MR) is 139 cm³/mol. The highest BCUT2D eigenvalue weighted by atomic mass is 32.2. The fourth-order valence-corrected chi connectivity index (χ4v) is 7.55. The van der Waals surface area contributed by atoms with Crippen molar-refractivity contribution in [2.24, 2.45) is 11.8 Å². The third-order valence-electron chi connectivity index (χ3n) is 7.10. The van der Waals surface area contributed by atoms with Crippen molar-refractivity contribution in [1.29, 1.82) is 0 Å². The third-order valence-corrected chi connectivity index (χ3v) is 10.3. The molecule has 1 aromatic carbocycles. The average molecular weight is 492 g/mol. The molecular weight excluding hydrogens is 448 g/mol. The quantitative estimate of drug-likeness (QED) is 0.156. The smallest absolute Gasteiger partial charge is 0.346 e. The number of ketones is 1. The van der Waals surface area contributed by atoms with Crippen LogP contribution in [0.5, 0.6) is 5.75 Å². The molecule has 1 aliphatic heterocycles. The zero-order valence-corrected chi connectivity index (χ0v) is 22.3. The number of ether oxygens (including phenoxy) is 3. The number of hydrogen-bond acceptors (Lipinski definition) is 5. The van der Waals surface area contributed by atoms with Crippen LogP contribution >= 0.6 is 0 Å². The van der Waals surface area contributed by atoms with Gasteiger partial charge in [0.25, 0.3) is 0 Å². The van der Waals surface area contributed by atoms with Gasteiger partial charge in [0, 0.05) is 22.4 Å². The van der Waals surface area contributed by atoms with E-state index in [0.29, 0.717) is 17.9 Å². The molecule has 1 atom stereocenters. The van der Waals surface area contributed by atoms with E-state index >= 15 is 0 Å². The van der Waals surface area contributed by atoms with Gasteiger partial charge in [-0.25, -0.2) is 4.79 Å². The Bertz CT molecular complexity index is 776. The minimum absolute atomic E-state index is 0.0736. The van der Waals surface area contributed by atoms with Crippen LogP contribution in [0.3, 0.4) is 0 Å². The topological polar surface area (TPSA) is 61.8 Å². The lowest BCUT2D eigenvalue weighted by Crippen LogP contribution is -2.41. The lowest BCUT2D eigenvalue weighted by Gasteiger charge is -2.25. The first-order chi connectivity index (χ1) is 16.3. The fraction of sp³-hybridized carbons (Fsp3) is 0.714. The Morgan fingerprint density at radius 3 is 2.26 bits per heavy atom. The lowest BCUT2D eigenvalue weighted by molar-refractivity contribution is -0.191. The number of carbonyl (C=O) groups is 2. The van der Waals surface area contributed by atoms with E-state index in [1.165, 1.54) is 44.9 Å². The van der Waals surface area contributed by atoms with Crippen LogP contribution in [0.15, 0.2) is 24.3 Å². The Morgan fingerprint density at radius 1 is 1.00 bits per heavy atom. The summed E-state index contributed by atoms with van der Waals surface area (Å²) in [5.41, 5.74) is 0.700. The van der Waals surface area contributed by atoms with Gasteiger partial charge in [-0.3, -0.25) is 4.79 Å². The van der Waals surface area contributed by atoms with Gasteiger partial charge in [-0.1, -0.05) is 46.0 Å². The molecule has 2 aliphatic rings. The Morgan fingerprint density at radius 2 is 1.65 bits per heavy atom. The molecule has 1 heterocycles. The second-order valence-corrected chi connectivity index (χ2v) is 13.3. The van der Waals surface area contributed by atoms with E-state index in [-0.39, 0.29) is 34.0 Å². The monoisotopic (exact) mass is 491 g/mol. The highest BCUT2D eigenvalue weighted by molar-refractivity contribution is 7.99. The van der Waals surface area contributed by atoms with Crippen molar-refractivity contribution in [2.45, 2.75) is 90.1 Å². The van der Waals surface area contributed by atoms with E-state index in [4.69, 9.17) is 14.2 Å². The van der Waals surface area contributed by atoms with Crippen LogP contribution in [-0.2, 0) is 25.2 Å². The predicted octanol–water partition coefficient (Wildman–Crippen LogP) is 5.95. The molecule has 0 N–H and O–H groups in total. The molecule has 34 heavy (non-hydrogen) atoms. The van der Waals surface area contributed by atoms with E-state index in [1.807, 2.05) is 13.8 Å². The minimum Gasteiger partial charge on any atom is -0.482 e. The van der Waals surface area contributed by atoms with Gasteiger partial charge in [0.1, 0.15) is 17.3 Å². The van der Waals surface area contributed by atoms with Crippen LogP contribution in [0.1, 0.15) is 89.4 Å². The van der Waals surface area contributed by atoms with Crippen molar-refractivity contribution in [3.05, 3.63) is 29.8 Å². The zero-order chi connectivity index (χ0) is 24.6. The first kappa shape index (κ1) is 27.1. The molecule has 1 saturated carbocycles. The summed E-state index contributed by atoms with van der Waals surface area (Å²) in [6, 6.07) is 7.12. The second kappa shape index (κ2) is 13.0. The SMILES string of the molecule is CC(C)C(OCCC1CCCCC1)OC(=O)COc1ccc(C(=O)C(C)(C)[S+]2CCCC2)cc1. The molecule has 0 aromatic heterocycles. The average Bonchev–Trinajstić information content (AvgIpc) is 3.38. The maximum atomic E-state index is 13.1. The van der Waals surface area contributed by atoms with Gasteiger partial charge in [-0.15, -0.1) is 0 Å². The molecule has 0 bridgehead atoms. The summed E-state index contributed by atoms with van der Waals surface area (Å²) < 4.78 is 16.8. The van der Waals surface area contributed by atoms with Crippen LogP contribution in [0, 0.1) is 11.8 Å². The van der Waals surface area contributed by atoms with E-state index in [1.54, 1.807) is 24.3 Å². The summed E-state index contributed by atoms with van der Waals surface area (Å²) in [7, 11) is 0.149. The minimum atomic E-state index is -0.557. The van der Waals surface area contributed by atoms with Crippen molar-refractivity contribution < 1.29 is 23.8 Å². The van der Waals surface area contributed by atoms with Crippen molar-refractivity contribution in [2.75, 3.05) is 24.7 Å². The third kappa shape index (κ3) is 7.74. The molecule has 0 spiro atoms. The van der Waals surface area contributed by atoms with E-state index < -0.39 is 12.3 Å². The van der Waals surface area contributed by atoms with Gasteiger partial charge < -0.3 is 14.2 Å². The fourth-order valence-electron chi connectivity index (χ4n) is 4.84. The summed E-state index contributed by atoms with van der Waals surface area (Å²) in [5, 5.41) is 0. The molecule has 0 amide bonds. The van der Waals surface area contributed by atoms with Gasteiger partial charge in [0.15, 0.2) is 11.4 Å². The van der Waals surface area contributed by atoms with Gasteiger partial charge in [-0.05, 0) is 63.3 Å². The van der Waals surface area contributed by atoms with Crippen LogP contribution < -0.4 is 4.74 Å². The Labute approximate surface area is 208 Å². The highest BCUT2D eigenvalue weighted by Crippen LogP contribution is 2.31. The molecule has 3 rings (SSSR count). The van der Waals surface area contributed by atoms with Crippen LogP contribution in [0.4, 0.5) is 0 Å². The molecule has 6 heteroatoms. The molecule has 2 fully saturated rings. The molecule has 190 valence electrons. The molecule has 1 unspecified atom stereocenters. The number of carbonyl (C=O) groups excluding carboxylic acids is 2. The number of hydrogen-bond donors (Lipinski definition) is 0. The van der Waals surface area contributed by atoms with Gasteiger partial charge in [0.2, 0.25) is 12.1 Å². The summed E-state index contributed by atoms with van der Waals surface area (Å²) in [6.45, 7) is 8.57. The van der Waals surface area contributed by atoms with E-state index in [2.05, 4.69) is 13.8 Å². The molecule has 0 radical (unpaired) electrons. The number of rotatable bonds is 12. The van der Waals surface area contributed by atoms with Gasteiger partial charge in [0.05, 0.1) is 6.61 Å². The van der Waals surface area contributed by atoms with Crippen molar-refractivity contribution in [3.8, 4) is 5.75 Å². The summed E-state index contributed by atoms with van der Waals surface area (Å²) in [4.78, 5) is 25.5. The molecule has 1 aliphatic carbocycles. The summed E-state index contributed by atoms with van der Waals surface area (Å²) >= 11 is 0. The zero-order valence-electron chi connectivity index (χ0n) is 21.5. The molecule has 5 nitrogen and oxygen atoms in total. The molecule has 1 aromatic rings. The van der Waals surface area contributed by atoms with Gasteiger partial charge >= 0.3 is 5.97 Å². The molecular formula is C28H43O5S+. The number of benzene rings is 1. The summed E-state index contributed by atoms with van der Waals surface area (Å²) in [6.07, 6.45) is 9.48. The van der Waals surface area contributed by atoms with Crippen molar-refractivity contribution in [3.63, 3.8) is 0 Å². The molecule has 1 saturated heterocycles. The first-order valence-corrected chi connectivity index (χ1v) is 14.6. The maximum absolute atomic E-state index is 13.1.